The molecule has 0 aromatic heterocycles. The van der Waals surface area contributed by atoms with Crippen molar-refractivity contribution in [3.05, 3.63) is 0 Å². The quantitative estimate of drug-likeness (QED) is 0.361. The van der Waals surface area contributed by atoms with Crippen LogP contribution >= 0.6 is 17.4 Å². The van der Waals surface area contributed by atoms with Gasteiger partial charge in [0.2, 0.25) is 0 Å². The van der Waals surface area contributed by atoms with Crippen molar-refractivity contribution in [1.82, 2.24) is 0 Å². The van der Waals surface area contributed by atoms with E-state index in [2.05, 4.69) is 0 Å². The minimum absolute atomic E-state index is 0. The Morgan fingerprint density at radius 3 is 1.00 bits per heavy atom. The van der Waals surface area contributed by atoms with E-state index in [0.717, 1.165) is 0 Å². The molecule has 0 bridgehead atoms. The average Bonchev–Trinajstić information content (AvgIpc) is 1.39. The van der Waals surface area contributed by atoms with Crippen molar-refractivity contribution in [3.63, 3.8) is 0 Å². The Bertz CT molecular complexity index is 30.7. The first-order valence-corrected chi connectivity index (χ1v) is 2.19. The molecule has 4 nitrogen and oxygen atoms in total. The molecular formula is NiO4P2. The Balaban J connectivity index is -0.0000000400. The monoisotopic (exact) mass is 184 g/mol. The van der Waals surface area contributed by atoms with E-state index in [1.54, 1.807) is 0 Å². The molecule has 0 aliphatic carbocycles. The van der Waals surface area contributed by atoms with Crippen LogP contribution in [-0.4, -0.2) is 0 Å². The van der Waals surface area contributed by atoms with Crippen LogP contribution in [0, 0.1) is 0 Å². The largest absolute Gasteiger partial charge is 2.00 e. The SMILES string of the molecule is O=P[O-].O=P[O-].[Ni+2]. The summed E-state index contributed by atoms with van der Waals surface area (Å²) in [4.78, 5) is 16.7. The fraction of sp³-hybridized carbons (Fsp3) is 0. The van der Waals surface area contributed by atoms with Gasteiger partial charge in [0.1, 0.15) is 0 Å². The molecule has 0 rings (SSSR count). The summed E-state index contributed by atoms with van der Waals surface area (Å²) in [5, 5.41) is 0. The standard InChI is InChI=1S/Ni.2HO2P/c;2*1-3-2/h;2*(H,1,2)/q+2;;/p-2. The van der Waals surface area contributed by atoms with Crippen molar-refractivity contribution in [3.8, 4) is 0 Å². The first-order valence-electron chi connectivity index (χ1n) is 0.730. The van der Waals surface area contributed by atoms with Gasteiger partial charge in [-0.3, -0.25) is 9.13 Å². The van der Waals surface area contributed by atoms with Gasteiger partial charge in [-0.05, 0) is 0 Å². The van der Waals surface area contributed by atoms with Crippen LogP contribution in [0.4, 0.5) is 0 Å². The molecule has 0 aromatic carbocycles. The summed E-state index contributed by atoms with van der Waals surface area (Å²) >= 11 is 0. The van der Waals surface area contributed by atoms with E-state index in [1.807, 2.05) is 0 Å². The molecule has 44 valence electrons. The summed E-state index contributed by atoms with van der Waals surface area (Å²) < 4.78 is 16.7. The summed E-state index contributed by atoms with van der Waals surface area (Å²) in [6, 6.07) is 0. The van der Waals surface area contributed by atoms with E-state index < -0.39 is 17.4 Å². The smallest absolute Gasteiger partial charge is 0.772 e. The van der Waals surface area contributed by atoms with Crippen molar-refractivity contribution in [2.45, 2.75) is 0 Å². The molecule has 0 aliphatic rings. The number of hydrogen-bond acceptors (Lipinski definition) is 4. The molecule has 0 saturated heterocycles. The third-order valence-electron chi connectivity index (χ3n) is 0. The molecule has 0 radical (unpaired) electrons. The molecule has 0 fully saturated rings. The molecule has 0 aromatic rings. The fourth-order valence-electron chi connectivity index (χ4n) is 0. The second-order valence-corrected chi connectivity index (χ2v) is 0.447. The number of hydrogen-bond donors (Lipinski definition) is 0. The first-order chi connectivity index (χ1) is 2.83. The molecule has 0 N–H and O–H groups in total. The third-order valence-corrected chi connectivity index (χ3v) is 0. The van der Waals surface area contributed by atoms with Crippen molar-refractivity contribution in [1.29, 1.82) is 0 Å². The van der Waals surface area contributed by atoms with E-state index in [9.17, 15) is 0 Å². The van der Waals surface area contributed by atoms with Crippen molar-refractivity contribution in [2.24, 2.45) is 0 Å². The van der Waals surface area contributed by atoms with Crippen LogP contribution in [0.25, 0.3) is 0 Å². The van der Waals surface area contributed by atoms with E-state index >= 15 is 0 Å². The van der Waals surface area contributed by atoms with Gasteiger partial charge in [0.15, 0.2) is 0 Å². The predicted molar refractivity (Wildman–Crippen MR) is 15.2 cm³/mol. The van der Waals surface area contributed by atoms with Gasteiger partial charge in [0.25, 0.3) is 0 Å². The molecule has 0 spiro atoms. The van der Waals surface area contributed by atoms with E-state index in [4.69, 9.17) is 18.9 Å². The van der Waals surface area contributed by atoms with Crippen LogP contribution in [-0.2, 0) is 25.6 Å². The minimum atomic E-state index is -1.08. The van der Waals surface area contributed by atoms with E-state index in [-0.39, 0.29) is 16.5 Å². The predicted octanol–water partition coefficient (Wildman–Crippen LogP) is -0.896. The Labute approximate surface area is 53.4 Å². The van der Waals surface area contributed by atoms with Crippen LogP contribution in [0.15, 0.2) is 0 Å². The number of rotatable bonds is 0. The first kappa shape index (κ1) is 15.6. The van der Waals surface area contributed by atoms with Crippen LogP contribution < -0.4 is 9.79 Å². The van der Waals surface area contributed by atoms with Gasteiger partial charge in [0, 0.05) is 0 Å². The van der Waals surface area contributed by atoms with Crippen LogP contribution in [0.5, 0.6) is 0 Å². The zero-order chi connectivity index (χ0) is 5.41. The topological polar surface area (TPSA) is 80.3 Å². The van der Waals surface area contributed by atoms with Gasteiger partial charge in [0.05, 0.1) is 17.4 Å². The summed E-state index contributed by atoms with van der Waals surface area (Å²) in [5.74, 6) is 0. The second-order valence-electron chi connectivity index (χ2n) is 0.149. The average molecular weight is 185 g/mol. The molecule has 7 heteroatoms. The summed E-state index contributed by atoms with van der Waals surface area (Å²) in [6.45, 7) is 0. The maximum atomic E-state index is 8.35. The van der Waals surface area contributed by atoms with E-state index in [1.165, 1.54) is 0 Å². The summed E-state index contributed by atoms with van der Waals surface area (Å²) in [5.41, 5.74) is 0. The van der Waals surface area contributed by atoms with Gasteiger partial charge in [-0.1, -0.05) is 0 Å². The Kier molecular flexibility index (Phi) is 68.2. The Morgan fingerprint density at radius 1 is 1.00 bits per heavy atom. The van der Waals surface area contributed by atoms with Crippen molar-refractivity contribution >= 4 is 17.4 Å². The Hall–Kier alpha value is 0.614. The summed E-state index contributed by atoms with van der Waals surface area (Å²) in [6.07, 6.45) is 0. The normalized spacial score (nSPS) is 6.00. The zero-order valence-electron chi connectivity index (χ0n) is 2.84. The third kappa shape index (κ3) is 374. The molecule has 0 atom stereocenters. The van der Waals surface area contributed by atoms with Crippen molar-refractivity contribution < 1.29 is 35.4 Å². The van der Waals surface area contributed by atoms with Crippen LogP contribution in [0.1, 0.15) is 0 Å². The maximum absolute atomic E-state index is 8.35. The van der Waals surface area contributed by atoms with Crippen LogP contribution in [0.2, 0.25) is 0 Å². The summed E-state index contributed by atoms with van der Waals surface area (Å²) in [7, 11) is -2.17. The van der Waals surface area contributed by atoms with Gasteiger partial charge in [-0.25, -0.2) is 0 Å². The zero-order valence-corrected chi connectivity index (χ0v) is 5.62. The molecule has 0 heterocycles. The van der Waals surface area contributed by atoms with E-state index in [0.29, 0.717) is 0 Å². The van der Waals surface area contributed by atoms with Crippen molar-refractivity contribution in [2.75, 3.05) is 0 Å². The fourth-order valence-corrected chi connectivity index (χ4v) is 0. The van der Waals surface area contributed by atoms with Crippen LogP contribution in [0.3, 0.4) is 0 Å². The van der Waals surface area contributed by atoms with Gasteiger partial charge >= 0.3 is 16.5 Å². The molecular weight excluding hydrogens is 185 g/mol. The van der Waals surface area contributed by atoms with Gasteiger partial charge < -0.3 is 9.79 Å². The molecule has 0 amide bonds. The second kappa shape index (κ2) is 30.5. The minimum Gasteiger partial charge on any atom is -0.772 e. The maximum Gasteiger partial charge on any atom is 2.00 e. The van der Waals surface area contributed by atoms with Gasteiger partial charge in [-0.2, -0.15) is 0 Å². The molecule has 7 heavy (non-hydrogen) atoms. The molecule has 0 saturated carbocycles. The van der Waals surface area contributed by atoms with Gasteiger partial charge in [-0.15, -0.1) is 0 Å². The molecule has 0 aliphatic heterocycles. The Morgan fingerprint density at radius 2 is 1.00 bits per heavy atom. The molecule has 0 unspecified atom stereocenters.